The van der Waals surface area contributed by atoms with E-state index in [2.05, 4.69) is 31.4 Å². The molecule has 1 saturated heterocycles. The van der Waals surface area contributed by atoms with Crippen LogP contribution in [0.5, 0.6) is 0 Å². The number of hydrogen-bond acceptors (Lipinski definition) is 2. The van der Waals surface area contributed by atoms with E-state index < -0.39 is 0 Å². The quantitative estimate of drug-likeness (QED) is 0.634. The van der Waals surface area contributed by atoms with Crippen LogP contribution in [0, 0.1) is 5.41 Å². The van der Waals surface area contributed by atoms with E-state index in [0.717, 1.165) is 6.54 Å². The molecule has 0 aromatic carbocycles. The summed E-state index contributed by atoms with van der Waals surface area (Å²) in [6.07, 6.45) is 1.23. The van der Waals surface area contributed by atoms with Gasteiger partial charge in [0, 0.05) is 31.1 Å². The summed E-state index contributed by atoms with van der Waals surface area (Å²) in [5.74, 6) is 0. The van der Waals surface area contributed by atoms with Crippen molar-refractivity contribution >= 4 is 0 Å². The Morgan fingerprint density at radius 2 is 2.18 bits per heavy atom. The Morgan fingerprint density at radius 3 is 2.55 bits per heavy atom. The van der Waals surface area contributed by atoms with Crippen LogP contribution >= 0.6 is 0 Å². The van der Waals surface area contributed by atoms with Crippen molar-refractivity contribution in [3.05, 3.63) is 0 Å². The minimum absolute atomic E-state index is 0.531. The molecule has 1 heterocycles. The Balaban J connectivity index is 2.11. The van der Waals surface area contributed by atoms with E-state index in [0.29, 0.717) is 11.5 Å². The van der Waals surface area contributed by atoms with Crippen LogP contribution in [0.4, 0.5) is 0 Å². The van der Waals surface area contributed by atoms with Crippen LogP contribution in [-0.2, 0) is 0 Å². The van der Waals surface area contributed by atoms with E-state index in [1.54, 1.807) is 0 Å². The van der Waals surface area contributed by atoms with Gasteiger partial charge >= 0.3 is 0 Å². The van der Waals surface area contributed by atoms with Crippen molar-refractivity contribution in [3.63, 3.8) is 0 Å². The lowest BCUT2D eigenvalue weighted by molar-refractivity contribution is 0.183. The van der Waals surface area contributed by atoms with Gasteiger partial charge in [0.05, 0.1) is 0 Å². The van der Waals surface area contributed by atoms with Crippen LogP contribution in [0.2, 0.25) is 0 Å². The highest BCUT2D eigenvalue weighted by atomic mass is 15.0. The zero-order valence-corrected chi connectivity index (χ0v) is 7.91. The minimum atomic E-state index is 0.531. The maximum absolute atomic E-state index is 3.53. The third-order valence-corrected chi connectivity index (χ3v) is 2.59. The molecule has 1 aliphatic heterocycles. The first-order valence-corrected chi connectivity index (χ1v) is 4.60. The highest BCUT2D eigenvalue weighted by Gasteiger charge is 2.30. The fourth-order valence-corrected chi connectivity index (χ4v) is 1.24. The fourth-order valence-electron chi connectivity index (χ4n) is 1.24. The molecule has 66 valence electrons. The maximum atomic E-state index is 3.53. The van der Waals surface area contributed by atoms with Crippen LogP contribution in [0.25, 0.3) is 0 Å². The standard InChI is InChI=1S/C9H20N2/c1-4-8(2)11-7-9(3)5-10-6-9/h8,10-11H,4-7H2,1-3H3. The van der Waals surface area contributed by atoms with Crippen molar-refractivity contribution in [1.29, 1.82) is 0 Å². The molecule has 0 radical (unpaired) electrons. The molecule has 2 nitrogen and oxygen atoms in total. The Bertz CT molecular complexity index is 119. The van der Waals surface area contributed by atoms with Crippen LogP contribution in [0.3, 0.4) is 0 Å². The lowest BCUT2D eigenvalue weighted by atomic mass is 9.84. The first-order chi connectivity index (χ1) is 5.16. The fraction of sp³-hybridized carbons (Fsp3) is 1.00. The van der Waals surface area contributed by atoms with Crippen LogP contribution in [0.1, 0.15) is 27.2 Å². The number of nitrogens with one attached hydrogen (secondary N) is 2. The van der Waals surface area contributed by atoms with Gasteiger partial charge in [0.1, 0.15) is 0 Å². The molecule has 11 heavy (non-hydrogen) atoms. The van der Waals surface area contributed by atoms with Gasteiger partial charge in [-0.05, 0) is 13.3 Å². The van der Waals surface area contributed by atoms with E-state index >= 15 is 0 Å². The summed E-state index contributed by atoms with van der Waals surface area (Å²) >= 11 is 0. The molecule has 1 fully saturated rings. The van der Waals surface area contributed by atoms with Crippen molar-refractivity contribution in [2.75, 3.05) is 19.6 Å². The van der Waals surface area contributed by atoms with E-state index in [9.17, 15) is 0 Å². The lowest BCUT2D eigenvalue weighted by Gasteiger charge is -2.40. The zero-order chi connectivity index (χ0) is 8.32. The molecule has 2 N–H and O–H groups in total. The average molecular weight is 156 g/mol. The van der Waals surface area contributed by atoms with Gasteiger partial charge in [-0.3, -0.25) is 0 Å². The first-order valence-electron chi connectivity index (χ1n) is 4.60. The summed E-state index contributed by atoms with van der Waals surface area (Å²) in [7, 11) is 0. The average Bonchev–Trinajstić information content (AvgIpc) is 1.96. The Labute approximate surface area is 69.8 Å². The molecule has 0 bridgehead atoms. The van der Waals surface area contributed by atoms with Gasteiger partial charge in [0.25, 0.3) is 0 Å². The highest BCUT2D eigenvalue weighted by Crippen LogP contribution is 2.19. The molecule has 0 aromatic rings. The summed E-state index contributed by atoms with van der Waals surface area (Å²) < 4.78 is 0. The molecule has 1 unspecified atom stereocenters. The molecule has 2 heteroatoms. The Hall–Kier alpha value is -0.0800. The molecule has 0 aromatic heterocycles. The maximum Gasteiger partial charge on any atom is 0.00491 e. The largest absolute Gasteiger partial charge is 0.315 e. The smallest absolute Gasteiger partial charge is 0.00491 e. The van der Waals surface area contributed by atoms with Crippen molar-refractivity contribution in [2.45, 2.75) is 33.2 Å². The highest BCUT2D eigenvalue weighted by molar-refractivity contribution is 4.90. The van der Waals surface area contributed by atoms with Gasteiger partial charge in [-0.2, -0.15) is 0 Å². The van der Waals surface area contributed by atoms with Gasteiger partial charge in [0.15, 0.2) is 0 Å². The minimum Gasteiger partial charge on any atom is -0.315 e. The predicted molar refractivity (Wildman–Crippen MR) is 48.7 cm³/mol. The van der Waals surface area contributed by atoms with Gasteiger partial charge in [-0.1, -0.05) is 13.8 Å². The second kappa shape index (κ2) is 3.55. The van der Waals surface area contributed by atoms with Crippen molar-refractivity contribution in [2.24, 2.45) is 5.41 Å². The number of rotatable bonds is 4. The Kier molecular flexibility index (Phi) is 2.90. The van der Waals surface area contributed by atoms with Gasteiger partial charge in [0.2, 0.25) is 0 Å². The SMILES string of the molecule is CCC(C)NCC1(C)CNC1. The van der Waals surface area contributed by atoms with Crippen molar-refractivity contribution < 1.29 is 0 Å². The molecule has 0 amide bonds. The zero-order valence-electron chi connectivity index (χ0n) is 7.91. The van der Waals surface area contributed by atoms with Crippen molar-refractivity contribution in [3.8, 4) is 0 Å². The molecule has 1 rings (SSSR count). The van der Waals surface area contributed by atoms with Gasteiger partial charge in [-0.25, -0.2) is 0 Å². The predicted octanol–water partition coefficient (Wildman–Crippen LogP) is 0.984. The van der Waals surface area contributed by atoms with E-state index in [-0.39, 0.29) is 0 Å². The van der Waals surface area contributed by atoms with Gasteiger partial charge in [-0.15, -0.1) is 0 Å². The van der Waals surface area contributed by atoms with E-state index in [1.165, 1.54) is 19.5 Å². The molecule has 1 atom stereocenters. The second-order valence-corrected chi connectivity index (χ2v) is 4.10. The summed E-state index contributed by atoms with van der Waals surface area (Å²) in [6.45, 7) is 10.3. The summed E-state index contributed by atoms with van der Waals surface area (Å²) in [4.78, 5) is 0. The van der Waals surface area contributed by atoms with Crippen LogP contribution in [-0.4, -0.2) is 25.7 Å². The van der Waals surface area contributed by atoms with Crippen molar-refractivity contribution in [1.82, 2.24) is 10.6 Å². The monoisotopic (exact) mass is 156 g/mol. The van der Waals surface area contributed by atoms with E-state index in [1.807, 2.05) is 0 Å². The summed E-state index contributed by atoms with van der Waals surface area (Å²) in [5.41, 5.74) is 0.531. The van der Waals surface area contributed by atoms with Crippen LogP contribution in [0.15, 0.2) is 0 Å². The second-order valence-electron chi connectivity index (χ2n) is 4.10. The number of hydrogen-bond donors (Lipinski definition) is 2. The molecule has 0 aliphatic carbocycles. The molecule has 0 spiro atoms. The third-order valence-electron chi connectivity index (χ3n) is 2.59. The molecule has 1 aliphatic rings. The molecular weight excluding hydrogens is 136 g/mol. The third kappa shape index (κ3) is 2.46. The molecule has 0 saturated carbocycles. The summed E-state index contributed by atoms with van der Waals surface area (Å²) in [6, 6.07) is 0.674. The van der Waals surface area contributed by atoms with Crippen LogP contribution < -0.4 is 10.6 Å². The Morgan fingerprint density at radius 1 is 1.55 bits per heavy atom. The topological polar surface area (TPSA) is 24.1 Å². The van der Waals surface area contributed by atoms with E-state index in [4.69, 9.17) is 0 Å². The lowest BCUT2D eigenvalue weighted by Crippen LogP contribution is -2.57. The molecular formula is C9H20N2. The first kappa shape index (κ1) is 9.01. The normalized spacial score (nSPS) is 24.3. The summed E-state index contributed by atoms with van der Waals surface area (Å²) in [5, 5.41) is 6.84. The van der Waals surface area contributed by atoms with Gasteiger partial charge < -0.3 is 10.6 Å².